The summed E-state index contributed by atoms with van der Waals surface area (Å²) < 4.78 is 10.9. The lowest BCUT2D eigenvalue weighted by atomic mass is 10.0. The Morgan fingerprint density at radius 3 is 2.39 bits per heavy atom. The number of imide groups is 1. The van der Waals surface area contributed by atoms with Gasteiger partial charge >= 0.3 is 0 Å². The maximum absolute atomic E-state index is 13.7. The number of rotatable bonds is 7. The van der Waals surface area contributed by atoms with Crippen molar-refractivity contribution >= 4 is 40.4 Å². The molecular weight excluding hydrogens is 440 g/mol. The van der Waals surface area contributed by atoms with E-state index in [-0.39, 0.29) is 11.3 Å². The van der Waals surface area contributed by atoms with Crippen LogP contribution in [-0.4, -0.2) is 25.5 Å². The lowest BCUT2D eigenvalue weighted by Gasteiger charge is -2.19. The highest BCUT2D eigenvalue weighted by Crippen LogP contribution is 2.38. The fraction of sp³-hybridized carbons (Fsp3) is 0.154. The Balaban J connectivity index is 1.85. The van der Waals surface area contributed by atoms with Gasteiger partial charge in [-0.3, -0.25) is 9.59 Å². The van der Waals surface area contributed by atoms with Crippen molar-refractivity contribution in [1.29, 1.82) is 0 Å². The number of nitrogens with one attached hydrogen (secondary N) is 1. The van der Waals surface area contributed by atoms with Gasteiger partial charge in [-0.2, -0.15) is 0 Å². The van der Waals surface area contributed by atoms with Gasteiger partial charge in [0, 0.05) is 10.7 Å². The first-order valence-electron chi connectivity index (χ1n) is 10.5. The predicted molar refractivity (Wildman–Crippen MR) is 130 cm³/mol. The number of benzene rings is 3. The average Bonchev–Trinajstić information content (AvgIpc) is 3.06. The van der Waals surface area contributed by atoms with E-state index in [0.717, 1.165) is 10.5 Å². The summed E-state index contributed by atoms with van der Waals surface area (Å²) in [5, 5.41) is 3.69. The summed E-state index contributed by atoms with van der Waals surface area (Å²) in [4.78, 5) is 28.5. The van der Waals surface area contributed by atoms with Crippen molar-refractivity contribution in [3.63, 3.8) is 0 Å². The number of hydrogen-bond donors (Lipinski definition) is 1. The molecule has 2 amide bonds. The van der Waals surface area contributed by atoms with Crippen molar-refractivity contribution in [2.45, 2.75) is 13.8 Å². The molecule has 0 fully saturated rings. The van der Waals surface area contributed by atoms with Crippen LogP contribution in [0.3, 0.4) is 0 Å². The van der Waals surface area contributed by atoms with Gasteiger partial charge in [0.25, 0.3) is 11.8 Å². The van der Waals surface area contributed by atoms with Crippen LogP contribution in [0.25, 0.3) is 5.57 Å². The average molecular weight is 463 g/mol. The molecule has 4 rings (SSSR count). The van der Waals surface area contributed by atoms with Gasteiger partial charge in [0.05, 0.1) is 25.0 Å². The van der Waals surface area contributed by atoms with Gasteiger partial charge in [-0.15, -0.1) is 0 Å². The van der Waals surface area contributed by atoms with Gasteiger partial charge in [-0.05, 0) is 61.4 Å². The van der Waals surface area contributed by atoms with E-state index in [0.29, 0.717) is 40.1 Å². The molecule has 0 spiro atoms. The number of carbonyl (C=O) groups is 2. The fourth-order valence-electron chi connectivity index (χ4n) is 3.67. The maximum Gasteiger partial charge on any atom is 0.282 e. The predicted octanol–water partition coefficient (Wildman–Crippen LogP) is 5.45. The molecule has 0 bridgehead atoms. The molecule has 7 heteroatoms. The lowest BCUT2D eigenvalue weighted by Crippen LogP contribution is -2.32. The molecule has 0 aromatic heterocycles. The molecule has 0 unspecified atom stereocenters. The lowest BCUT2D eigenvalue weighted by molar-refractivity contribution is -0.120. The SMILES string of the molecule is CCOc1ccccc1N1C(=O)C(Nc2cc(Cl)ccc2C)=C(c2ccc(OC)cc2)C1=O. The minimum atomic E-state index is -0.475. The number of hydrogen-bond acceptors (Lipinski definition) is 5. The summed E-state index contributed by atoms with van der Waals surface area (Å²) in [6, 6.07) is 19.3. The number of nitrogens with zero attached hydrogens (tertiary/aromatic N) is 1. The van der Waals surface area contributed by atoms with E-state index in [2.05, 4.69) is 5.32 Å². The Bertz CT molecular complexity index is 1250. The third-order valence-corrected chi connectivity index (χ3v) is 5.56. The van der Waals surface area contributed by atoms with Gasteiger partial charge < -0.3 is 14.8 Å². The van der Waals surface area contributed by atoms with Gasteiger partial charge in [-0.1, -0.05) is 41.9 Å². The van der Waals surface area contributed by atoms with Crippen LogP contribution in [0, 0.1) is 6.92 Å². The molecule has 0 aliphatic carbocycles. The van der Waals surface area contributed by atoms with E-state index >= 15 is 0 Å². The summed E-state index contributed by atoms with van der Waals surface area (Å²) in [5.74, 6) is 0.183. The molecule has 3 aromatic rings. The highest BCUT2D eigenvalue weighted by atomic mass is 35.5. The normalized spacial score (nSPS) is 13.5. The number of carbonyl (C=O) groups excluding carboxylic acids is 2. The summed E-state index contributed by atoms with van der Waals surface area (Å²) in [6.07, 6.45) is 0. The largest absolute Gasteiger partial charge is 0.497 e. The smallest absolute Gasteiger partial charge is 0.282 e. The van der Waals surface area contributed by atoms with Crippen molar-refractivity contribution in [1.82, 2.24) is 0 Å². The van der Waals surface area contributed by atoms with E-state index in [4.69, 9.17) is 21.1 Å². The molecule has 0 radical (unpaired) electrons. The zero-order valence-corrected chi connectivity index (χ0v) is 19.3. The highest BCUT2D eigenvalue weighted by molar-refractivity contribution is 6.46. The standard InChI is InChI=1S/C26H23ClN2O4/c1-4-33-22-8-6-5-7-21(22)29-25(30)23(17-10-13-19(32-3)14-11-17)24(26(29)31)28-20-15-18(27)12-9-16(20)2/h5-15,28H,4H2,1-3H3. The third kappa shape index (κ3) is 4.30. The first-order valence-corrected chi connectivity index (χ1v) is 10.8. The molecule has 33 heavy (non-hydrogen) atoms. The van der Waals surface area contributed by atoms with E-state index in [1.807, 2.05) is 19.9 Å². The number of ether oxygens (including phenoxy) is 2. The quantitative estimate of drug-likeness (QED) is 0.473. The van der Waals surface area contributed by atoms with Gasteiger partial charge in [0.15, 0.2) is 0 Å². The van der Waals surface area contributed by atoms with Crippen LogP contribution >= 0.6 is 11.6 Å². The van der Waals surface area contributed by atoms with Crippen LogP contribution in [0.2, 0.25) is 5.02 Å². The van der Waals surface area contributed by atoms with Crippen molar-refractivity contribution in [2.24, 2.45) is 0 Å². The number of aryl methyl sites for hydroxylation is 1. The van der Waals surface area contributed by atoms with Crippen LogP contribution in [0.1, 0.15) is 18.1 Å². The van der Waals surface area contributed by atoms with Gasteiger partial charge in [0.2, 0.25) is 0 Å². The van der Waals surface area contributed by atoms with Crippen molar-refractivity contribution in [2.75, 3.05) is 23.9 Å². The topological polar surface area (TPSA) is 67.9 Å². The van der Waals surface area contributed by atoms with Crippen LogP contribution in [-0.2, 0) is 9.59 Å². The van der Waals surface area contributed by atoms with E-state index in [1.165, 1.54) is 0 Å². The molecule has 1 aliphatic rings. The molecule has 1 heterocycles. The Hall–Kier alpha value is -3.77. The fourth-order valence-corrected chi connectivity index (χ4v) is 3.85. The minimum Gasteiger partial charge on any atom is -0.497 e. The van der Waals surface area contributed by atoms with Crippen LogP contribution in [0.5, 0.6) is 11.5 Å². The molecule has 1 N–H and O–H groups in total. The zero-order chi connectivity index (χ0) is 23.5. The van der Waals surface area contributed by atoms with Crippen molar-refractivity contribution in [3.05, 3.63) is 88.6 Å². The first-order chi connectivity index (χ1) is 15.9. The summed E-state index contributed by atoms with van der Waals surface area (Å²) in [6.45, 7) is 4.15. The molecule has 168 valence electrons. The Morgan fingerprint density at radius 2 is 1.70 bits per heavy atom. The van der Waals surface area contributed by atoms with Crippen LogP contribution < -0.4 is 19.7 Å². The van der Waals surface area contributed by atoms with E-state index in [1.54, 1.807) is 67.8 Å². The number of para-hydroxylation sites is 2. The molecule has 0 saturated carbocycles. The number of anilines is 2. The van der Waals surface area contributed by atoms with Crippen LogP contribution in [0.15, 0.2) is 72.4 Å². The maximum atomic E-state index is 13.7. The van der Waals surface area contributed by atoms with Crippen molar-refractivity contribution < 1.29 is 19.1 Å². The van der Waals surface area contributed by atoms with Crippen LogP contribution in [0.4, 0.5) is 11.4 Å². The summed E-state index contributed by atoms with van der Waals surface area (Å²) in [5.41, 5.74) is 2.93. The molecule has 6 nitrogen and oxygen atoms in total. The first kappa shape index (κ1) is 22.4. The highest BCUT2D eigenvalue weighted by Gasteiger charge is 2.41. The second-order valence-corrected chi connectivity index (χ2v) is 7.85. The van der Waals surface area contributed by atoms with Crippen molar-refractivity contribution in [3.8, 4) is 11.5 Å². The van der Waals surface area contributed by atoms with E-state index in [9.17, 15) is 9.59 Å². The minimum absolute atomic E-state index is 0.168. The zero-order valence-electron chi connectivity index (χ0n) is 18.5. The Labute approximate surface area is 197 Å². The summed E-state index contributed by atoms with van der Waals surface area (Å²) >= 11 is 6.19. The van der Waals surface area contributed by atoms with E-state index < -0.39 is 11.8 Å². The van der Waals surface area contributed by atoms with Gasteiger partial charge in [0.1, 0.15) is 17.2 Å². The number of halogens is 1. The molecule has 1 aliphatic heterocycles. The Kier molecular flexibility index (Phi) is 6.38. The number of methoxy groups -OCH3 is 1. The Morgan fingerprint density at radius 1 is 0.970 bits per heavy atom. The molecule has 0 atom stereocenters. The second-order valence-electron chi connectivity index (χ2n) is 7.41. The second kappa shape index (κ2) is 9.38. The molecule has 3 aromatic carbocycles. The number of amides is 2. The third-order valence-electron chi connectivity index (χ3n) is 5.33. The molecular formula is C26H23ClN2O4. The van der Waals surface area contributed by atoms with Gasteiger partial charge in [-0.25, -0.2) is 4.90 Å². The molecule has 0 saturated heterocycles. The summed E-state index contributed by atoms with van der Waals surface area (Å²) in [7, 11) is 1.57. The monoisotopic (exact) mass is 462 g/mol.